The van der Waals surface area contributed by atoms with E-state index >= 15 is 0 Å². The topological polar surface area (TPSA) is 66.8 Å². The van der Waals surface area contributed by atoms with Crippen molar-refractivity contribution in [1.82, 2.24) is 4.90 Å². The molecule has 0 spiro atoms. The molecule has 0 bridgehead atoms. The number of carbonyl (C=O) groups excluding carboxylic acids is 1. The number of hydrogen-bond acceptors (Lipinski definition) is 4. The van der Waals surface area contributed by atoms with Crippen molar-refractivity contribution in [3.05, 3.63) is 28.7 Å². The molecule has 0 saturated carbocycles. The normalized spacial score (nSPS) is 18.1. The quantitative estimate of drug-likeness (QED) is 0.872. The van der Waals surface area contributed by atoms with Crippen molar-refractivity contribution in [2.75, 3.05) is 18.2 Å². The van der Waals surface area contributed by atoms with Gasteiger partial charge < -0.3 is 14.7 Å². The number of benzene rings is 1. The predicted molar refractivity (Wildman–Crippen MR) is 79.8 cm³/mol. The van der Waals surface area contributed by atoms with Crippen LogP contribution in [0.5, 0.6) is 5.75 Å². The van der Waals surface area contributed by atoms with Crippen LogP contribution >= 0.6 is 27.7 Å². The molecule has 0 aromatic heterocycles. The van der Waals surface area contributed by atoms with E-state index in [9.17, 15) is 9.59 Å². The minimum Gasteiger partial charge on any atom is -0.493 e. The first kappa shape index (κ1) is 15.2. The average Bonchev–Trinajstić information content (AvgIpc) is 2.90. The highest BCUT2D eigenvalue weighted by Gasteiger charge is 2.34. The molecule has 1 atom stereocenters. The van der Waals surface area contributed by atoms with E-state index in [4.69, 9.17) is 9.84 Å². The lowest BCUT2D eigenvalue weighted by molar-refractivity contribution is -0.147. The lowest BCUT2D eigenvalue weighted by atomic mass is 10.2. The number of thioether (sulfide) groups is 1. The summed E-state index contributed by atoms with van der Waals surface area (Å²) in [5.74, 6) is 0.450. The van der Waals surface area contributed by atoms with E-state index in [1.165, 1.54) is 16.7 Å². The van der Waals surface area contributed by atoms with Gasteiger partial charge in [-0.2, -0.15) is 0 Å². The van der Waals surface area contributed by atoms with Crippen molar-refractivity contribution in [3.8, 4) is 5.75 Å². The van der Waals surface area contributed by atoms with Crippen molar-refractivity contribution in [2.45, 2.75) is 12.5 Å². The van der Waals surface area contributed by atoms with Gasteiger partial charge in [-0.1, -0.05) is 15.9 Å². The van der Waals surface area contributed by atoms with E-state index in [1.54, 1.807) is 12.1 Å². The third-order valence-corrected chi connectivity index (χ3v) is 4.43. The van der Waals surface area contributed by atoms with Gasteiger partial charge in [0, 0.05) is 10.2 Å². The Balaban J connectivity index is 1.80. The molecule has 1 aliphatic heterocycles. The summed E-state index contributed by atoms with van der Waals surface area (Å²) < 4.78 is 6.42. The molecule has 1 aliphatic rings. The molecule has 7 heteroatoms. The monoisotopic (exact) mass is 359 g/mol. The summed E-state index contributed by atoms with van der Waals surface area (Å²) in [5, 5.41) is 9.02. The van der Waals surface area contributed by atoms with Crippen LogP contribution in [-0.2, 0) is 9.59 Å². The first-order valence-electron chi connectivity index (χ1n) is 6.06. The van der Waals surface area contributed by atoms with Crippen molar-refractivity contribution in [2.24, 2.45) is 0 Å². The van der Waals surface area contributed by atoms with E-state index in [1.807, 2.05) is 12.1 Å². The number of aliphatic carboxylic acids is 1. The predicted octanol–water partition coefficient (Wildman–Crippen LogP) is 2.20. The first-order chi connectivity index (χ1) is 9.58. The number of rotatable bonds is 5. The molecule has 20 heavy (non-hydrogen) atoms. The molecule has 1 aromatic carbocycles. The molecule has 0 aliphatic carbocycles. The maximum atomic E-state index is 12.0. The molecule has 2 rings (SSSR count). The number of ether oxygens (including phenoxy) is 1. The van der Waals surface area contributed by atoms with Crippen molar-refractivity contribution < 1.29 is 19.4 Å². The fourth-order valence-electron chi connectivity index (χ4n) is 1.82. The molecule has 1 saturated heterocycles. The van der Waals surface area contributed by atoms with Gasteiger partial charge in [0.1, 0.15) is 11.8 Å². The van der Waals surface area contributed by atoms with E-state index in [-0.39, 0.29) is 18.9 Å². The molecule has 1 amide bonds. The summed E-state index contributed by atoms with van der Waals surface area (Å²) in [4.78, 5) is 24.4. The SMILES string of the molecule is O=C(O)[C@@H]1CSCN1C(=O)CCOc1ccc(Br)cc1. The number of halogens is 1. The Kier molecular flexibility index (Phi) is 5.31. The zero-order valence-electron chi connectivity index (χ0n) is 10.6. The van der Waals surface area contributed by atoms with Gasteiger partial charge in [-0.15, -0.1) is 11.8 Å². The van der Waals surface area contributed by atoms with E-state index < -0.39 is 12.0 Å². The Hall–Kier alpha value is -1.21. The van der Waals surface area contributed by atoms with Crippen molar-refractivity contribution in [1.29, 1.82) is 0 Å². The number of nitrogens with zero attached hydrogens (tertiary/aromatic N) is 1. The second-order valence-electron chi connectivity index (χ2n) is 4.27. The van der Waals surface area contributed by atoms with Gasteiger partial charge in [0.15, 0.2) is 0 Å². The lowest BCUT2D eigenvalue weighted by Crippen LogP contribution is -2.42. The fraction of sp³-hybridized carbons (Fsp3) is 0.385. The smallest absolute Gasteiger partial charge is 0.327 e. The van der Waals surface area contributed by atoms with Crippen LogP contribution in [0, 0.1) is 0 Å². The highest BCUT2D eigenvalue weighted by atomic mass is 79.9. The van der Waals surface area contributed by atoms with Gasteiger partial charge in [0.05, 0.1) is 18.9 Å². The number of hydrogen-bond donors (Lipinski definition) is 1. The maximum absolute atomic E-state index is 12.0. The second kappa shape index (κ2) is 6.99. The van der Waals surface area contributed by atoms with E-state index in [2.05, 4.69) is 15.9 Å². The third kappa shape index (κ3) is 3.89. The van der Waals surface area contributed by atoms with Crippen LogP contribution in [-0.4, -0.2) is 46.2 Å². The van der Waals surface area contributed by atoms with E-state index in [0.29, 0.717) is 17.4 Å². The summed E-state index contributed by atoms with van der Waals surface area (Å²) in [6, 6.07) is 6.62. The van der Waals surface area contributed by atoms with Crippen molar-refractivity contribution in [3.63, 3.8) is 0 Å². The molecule has 1 aromatic rings. The molecule has 0 radical (unpaired) electrons. The largest absolute Gasteiger partial charge is 0.493 e. The molecule has 5 nitrogen and oxygen atoms in total. The van der Waals surface area contributed by atoms with Gasteiger partial charge in [-0.25, -0.2) is 4.79 Å². The van der Waals surface area contributed by atoms with Gasteiger partial charge >= 0.3 is 5.97 Å². The molecule has 1 N–H and O–H groups in total. The maximum Gasteiger partial charge on any atom is 0.327 e. The summed E-state index contributed by atoms with van der Waals surface area (Å²) in [6.07, 6.45) is 0.181. The van der Waals surface area contributed by atoms with Gasteiger partial charge in [0.2, 0.25) is 5.91 Å². The third-order valence-electron chi connectivity index (χ3n) is 2.89. The number of amides is 1. The Morgan fingerprint density at radius 1 is 1.40 bits per heavy atom. The standard InChI is InChI=1S/C13H14BrNO4S/c14-9-1-3-10(4-2-9)19-6-5-12(16)15-8-20-7-11(15)13(17)18/h1-4,11H,5-8H2,(H,17,18)/t11-/m0/s1. The fourth-order valence-corrected chi connectivity index (χ4v) is 3.26. The number of carboxylic acid groups (broad SMARTS) is 1. The van der Waals surface area contributed by atoms with Gasteiger partial charge in [0.25, 0.3) is 0 Å². The summed E-state index contributed by atoms with van der Waals surface area (Å²) in [5.41, 5.74) is 0. The van der Waals surface area contributed by atoms with Crippen LogP contribution in [0.25, 0.3) is 0 Å². The molecule has 1 heterocycles. The highest BCUT2D eigenvalue weighted by Crippen LogP contribution is 2.22. The van der Waals surface area contributed by atoms with Crippen LogP contribution in [0.15, 0.2) is 28.7 Å². The molecule has 0 unspecified atom stereocenters. The Morgan fingerprint density at radius 2 is 2.10 bits per heavy atom. The van der Waals surface area contributed by atoms with Crippen LogP contribution in [0.4, 0.5) is 0 Å². The zero-order chi connectivity index (χ0) is 14.5. The number of carbonyl (C=O) groups is 2. The molecule has 108 valence electrons. The van der Waals surface area contributed by atoms with Crippen molar-refractivity contribution >= 4 is 39.6 Å². The lowest BCUT2D eigenvalue weighted by Gasteiger charge is -2.20. The Morgan fingerprint density at radius 3 is 2.75 bits per heavy atom. The zero-order valence-corrected chi connectivity index (χ0v) is 13.0. The van der Waals surface area contributed by atoms with Crippen LogP contribution in [0.1, 0.15) is 6.42 Å². The van der Waals surface area contributed by atoms with E-state index in [0.717, 1.165) is 4.47 Å². The highest BCUT2D eigenvalue weighted by molar-refractivity contribution is 9.10. The minimum atomic E-state index is -0.947. The minimum absolute atomic E-state index is 0.181. The van der Waals surface area contributed by atoms with Gasteiger partial charge in [-0.3, -0.25) is 4.79 Å². The van der Waals surface area contributed by atoms with Crippen LogP contribution in [0.2, 0.25) is 0 Å². The summed E-state index contributed by atoms with van der Waals surface area (Å²) in [6.45, 7) is 0.244. The summed E-state index contributed by atoms with van der Waals surface area (Å²) >= 11 is 4.78. The summed E-state index contributed by atoms with van der Waals surface area (Å²) in [7, 11) is 0. The Bertz CT molecular complexity index is 494. The second-order valence-corrected chi connectivity index (χ2v) is 6.19. The van der Waals surface area contributed by atoms with Gasteiger partial charge in [-0.05, 0) is 24.3 Å². The molecule has 1 fully saturated rings. The molecular weight excluding hydrogens is 346 g/mol. The first-order valence-corrected chi connectivity index (χ1v) is 8.01. The number of carboxylic acids is 1. The van der Waals surface area contributed by atoms with Crippen LogP contribution in [0.3, 0.4) is 0 Å². The molecular formula is C13H14BrNO4S. The van der Waals surface area contributed by atoms with Crippen LogP contribution < -0.4 is 4.74 Å². The Labute approximate surface area is 129 Å². The average molecular weight is 360 g/mol.